The molecule has 0 aliphatic carbocycles. The number of benzene rings is 1. The zero-order chi connectivity index (χ0) is 22.2. The van der Waals surface area contributed by atoms with Gasteiger partial charge in [-0.2, -0.15) is 10.0 Å². The van der Waals surface area contributed by atoms with E-state index in [-0.39, 0.29) is 17.1 Å². The van der Waals surface area contributed by atoms with Crippen LogP contribution in [0.4, 0.5) is 5.69 Å². The Balaban J connectivity index is 1.40. The Labute approximate surface area is 185 Å². The number of carbonyl (C=O) groups is 1. The summed E-state index contributed by atoms with van der Waals surface area (Å²) in [6.07, 6.45) is 1.43. The van der Waals surface area contributed by atoms with Crippen molar-refractivity contribution in [1.29, 1.82) is 5.41 Å². The van der Waals surface area contributed by atoms with Gasteiger partial charge >= 0.3 is 0 Å². The highest BCUT2D eigenvalue weighted by atomic mass is 32.2. The van der Waals surface area contributed by atoms with E-state index in [4.69, 9.17) is 14.6 Å². The molecule has 5 rings (SSSR count). The molecule has 4 heterocycles. The number of hydrazone groups is 1. The number of amidine groups is 3. The van der Waals surface area contributed by atoms with Gasteiger partial charge in [-0.25, -0.2) is 0 Å². The molecule has 0 atom stereocenters. The molecule has 1 amide bonds. The lowest BCUT2D eigenvalue weighted by atomic mass is 10.1. The lowest BCUT2D eigenvalue weighted by Crippen LogP contribution is -2.39. The average Bonchev–Trinajstić information content (AvgIpc) is 3.45. The van der Waals surface area contributed by atoms with Gasteiger partial charge < -0.3 is 14.1 Å². The van der Waals surface area contributed by atoms with Crippen LogP contribution in [0.25, 0.3) is 17.4 Å². The number of thioether (sulfide) groups is 1. The Morgan fingerprint density at radius 3 is 2.78 bits per heavy atom. The first kappa shape index (κ1) is 20.2. The summed E-state index contributed by atoms with van der Waals surface area (Å²) in [5, 5.41) is 26.3. The smallest absolute Gasteiger partial charge is 0.283 e. The number of morpholine rings is 1. The average molecular weight is 452 g/mol. The summed E-state index contributed by atoms with van der Waals surface area (Å²) in [7, 11) is 0. The van der Waals surface area contributed by atoms with Crippen LogP contribution in [0.3, 0.4) is 0 Å². The van der Waals surface area contributed by atoms with Crippen LogP contribution in [0.1, 0.15) is 5.76 Å². The minimum atomic E-state index is -0.555. The van der Waals surface area contributed by atoms with E-state index in [1.807, 2.05) is 4.90 Å². The van der Waals surface area contributed by atoms with Crippen LogP contribution in [0.5, 0.6) is 0 Å². The van der Waals surface area contributed by atoms with Gasteiger partial charge in [0.15, 0.2) is 11.0 Å². The van der Waals surface area contributed by atoms with Gasteiger partial charge in [-0.3, -0.25) is 20.3 Å². The van der Waals surface area contributed by atoms with E-state index in [0.29, 0.717) is 53.7 Å². The van der Waals surface area contributed by atoms with Crippen molar-refractivity contribution in [3.05, 3.63) is 57.8 Å². The van der Waals surface area contributed by atoms with E-state index in [9.17, 15) is 14.9 Å². The quantitative estimate of drug-likeness (QED) is 0.426. The van der Waals surface area contributed by atoms with E-state index in [1.54, 1.807) is 24.3 Å². The third kappa shape index (κ3) is 3.69. The van der Waals surface area contributed by atoms with Gasteiger partial charge in [0.2, 0.25) is 5.17 Å². The zero-order valence-corrected chi connectivity index (χ0v) is 17.4. The van der Waals surface area contributed by atoms with E-state index in [2.05, 4.69) is 10.1 Å². The van der Waals surface area contributed by atoms with Crippen molar-refractivity contribution in [3.8, 4) is 11.3 Å². The van der Waals surface area contributed by atoms with Crippen LogP contribution in [-0.2, 0) is 9.53 Å². The van der Waals surface area contributed by atoms with Crippen LogP contribution in [-0.4, -0.2) is 63.2 Å². The van der Waals surface area contributed by atoms with Gasteiger partial charge in [-0.05, 0) is 30.0 Å². The Hall–Kier alpha value is -3.77. The SMILES string of the molecule is N=C1/C(=C/c2ccc(-c3cccc([N+](=O)[O-])c3)o2)C(=O)N=C2SC(N3CCOCC3)=NN12. The Bertz CT molecular complexity index is 1230. The van der Waals surface area contributed by atoms with Gasteiger partial charge in [0.05, 0.1) is 23.7 Å². The third-order valence-electron chi connectivity index (χ3n) is 4.98. The van der Waals surface area contributed by atoms with Crippen molar-refractivity contribution in [2.45, 2.75) is 0 Å². The number of fused-ring (bicyclic) bond motifs is 1. The number of nitro groups is 1. The van der Waals surface area contributed by atoms with Gasteiger partial charge in [-0.15, -0.1) is 5.10 Å². The lowest BCUT2D eigenvalue weighted by Gasteiger charge is -2.26. The minimum absolute atomic E-state index is 0.0428. The van der Waals surface area contributed by atoms with Gasteiger partial charge in [-0.1, -0.05) is 12.1 Å². The summed E-state index contributed by atoms with van der Waals surface area (Å²) in [6, 6.07) is 9.34. The number of carbonyl (C=O) groups excluding carboxylic acids is 1. The number of nitrogens with one attached hydrogen (secondary N) is 1. The second-order valence-corrected chi connectivity index (χ2v) is 7.95. The van der Waals surface area contributed by atoms with E-state index in [1.165, 1.54) is 35.0 Å². The molecule has 0 unspecified atom stereocenters. The molecule has 1 N–H and O–H groups in total. The summed E-state index contributed by atoms with van der Waals surface area (Å²) < 4.78 is 11.1. The molecule has 162 valence electrons. The molecule has 3 aliphatic heterocycles. The van der Waals surface area contributed by atoms with Gasteiger partial charge in [0.25, 0.3) is 11.6 Å². The maximum atomic E-state index is 12.6. The normalized spacial score (nSPS) is 19.8. The van der Waals surface area contributed by atoms with E-state index in [0.717, 1.165) is 0 Å². The largest absolute Gasteiger partial charge is 0.457 e. The lowest BCUT2D eigenvalue weighted by molar-refractivity contribution is -0.384. The van der Waals surface area contributed by atoms with Crippen molar-refractivity contribution in [2.24, 2.45) is 10.1 Å². The first-order valence-electron chi connectivity index (χ1n) is 9.67. The second-order valence-electron chi connectivity index (χ2n) is 7.01. The number of non-ortho nitro benzene ring substituents is 1. The van der Waals surface area contributed by atoms with Crippen LogP contribution >= 0.6 is 11.8 Å². The number of nitro benzene ring substituents is 1. The predicted octanol–water partition coefficient (Wildman–Crippen LogP) is 2.76. The number of furan rings is 1. The van der Waals surface area contributed by atoms with Crippen LogP contribution in [0, 0.1) is 15.5 Å². The van der Waals surface area contributed by atoms with Gasteiger partial charge in [0, 0.05) is 30.8 Å². The van der Waals surface area contributed by atoms with Crippen molar-refractivity contribution in [2.75, 3.05) is 26.3 Å². The number of ether oxygens (including phenoxy) is 1. The highest BCUT2D eigenvalue weighted by Crippen LogP contribution is 2.31. The fraction of sp³-hybridized carbons (Fsp3) is 0.200. The fourth-order valence-electron chi connectivity index (χ4n) is 3.37. The minimum Gasteiger partial charge on any atom is -0.457 e. The summed E-state index contributed by atoms with van der Waals surface area (Å²) in [5.41, 5.74) is 0.525. The predicted molar refractivity (Wildman–Crippen MR) is 118 cm³/mol. The topological polar surface area (TPSA) is 138 Å². The zero-order valence-electron chi connectivity index (χ0n) is 16.6. The van der Waals surface area contributed by atoms with Crippen LogP contribution in [0.15, 0.2) is 56.5 Å². The summed E-state index contributed by atoms with van der Waals surface area (Å²) in [5.74, 6) is 0.0795. The maximum Gasteiger partial charge on any atom is 0.283 e. The molecule has 0 radical (unpaired) electrons. The number of hydrogen-bond acceptors (Lipinski definition) is 9. The molecular formula is C20H16N6O5S. The molecule has 2 aromatic rings. The van der Waals surface area contributed by atoms with Crippen molar-refractivity contribution in [3.63, 3.8) is 0 Å². The van der Waals surface area contributed by atoms with Crippen molar-refractivity contribution < 1.29 is 18.9 Å². The van der Waals surface area contributed by atoms with Crippen LogP contribution in [0.2, 0.25) is 0 Å². The van der Waals surface area contributed by atoms with Crippen LogP contribution < -0.4 is 0 Å². The Morgan fingerprint density at radius 2 is 2.00 bits per heavy atom. The summed E-state index contributed by atoms with van der Waals surface area (Å²) in [4.78, 5) is 29.2. The number of aliphatic imine (C=N–C) groups is 1. The molecule has 0 saturated carbocycles. The molecular weight excluding hydrogens is 436 g/mol. The number of amides is 1. The monoisotopic (exact) mass is 452 g/mol. The molecule has 1 saturated heterocycles. The molecule has 11 nitrogen and oxygen atoms in total. The molecule has 0 spiro atoms. The standard InChI is InChI=1S/C20H16N6O5S/c21-17-15(11-14-4-5-16(31-14)12-2-1-3-13(10-12)26(28)29)18(27)22-19-25(17)23-20(32-19)24-6-8-30-9-7-24/h1-5,10-11,21H,6-9H2/b15-11-,21-17?. The molecule has 1 fully saturated rings. The second kappa shape index (κ2) is 8.05. The number of hydrogen-bond donors (Lipinski definition) is 1. The Kier molecular flexibility index (Phi) is 5.07. The van der Waals surface area contributed by atoms with E-state index < -0.39 is 10.8 Å². The highest BCUT2D eigenvalue weighted by Gasteiger charge is 2.37. The molecule has 1 aromatic heterocycles. The molecule has 12 heteroatoms. The molecule has 1 aromatic carbocycles. The third-order valence-corrected chi connectivity index (χ3v) is 5.95. The first-order chi connectivity index (χ1) is 15.5. The number of rotatable bonds is 3. The van der Waals surface area contributed by atoms with Gasteiger partial charge in [0.1, 0.15) is 11.5 Å². The van der Waals surface area contributed by atoms with E-state index >= 15 is 0 Å². The fourth-order valence-corrected chi connectivity index (χ4v) is 4.31. The molecule has 3 aliphatic rings. The van der Waals surface area contributed by atoms with Crippen molar-refractivity contribution in [1.82, 2.24) is 9.91 Å². The highest BCUT2D eigenvalue weighted by molar-refractivity contribution is 8.26. The Morgan fingerprint density at radius 1 is 1.19 bits per heavy atom. The molecule has 32 heavy (non-hydrogen) atoms. The number of nitrogens with zero attached hydrogens (tertiary/aromatic N) is 5. The molecule has 0 bridgehead atoms. The van der Waals surface area contributed by atoms with Crippen molar-refractivity contribution >= 4 is 45.6 Å². The summed E-state index contributed by atoms with van der Waals surface area (Å²) >= 11 is 1.25. The summed E-state index contributed by atoms with van der Waals surface area (Å²) in [6.45, 7) is 2.56. The maximum absolute atomic E-state index is 12.6. The first-order valence-corrected chi connectivity index (χ1v) is 10.5.